The Morgan fingerprint density at radius 1 is 1.56 bits per heavy atom. The lowest BCUT2D eigenvalue weighted by atomic mass is 10.1. The monoisotopic (exact) mass is 254 g/mol. The van der Waals surface area contributed by atoms with E-state index in [4.69, 9.17) is 5.11 Å². The number of aromatic nitrogens is 2. The van der Waals surface area contributed by atoms with Crippen molar-refractivity contribution in [2.45, 2.75) is 32.4 Å². The van der Waals surface area contributed by atoms with Gasteiger partial charge in [-0.3, -0.25) is 9.48 Å². The van der Waals surface area contributed by atoms with E-state index in [1.54, 1.807) is 24.1 Å². The fourth-order valence-electron chi connectivity index (χ4n) is 1.49. The van der Waals surface area contributed by atoms with Crippen LogP contribution in [0.15, 0.2) is 12.4 Å². The Morgan fingerprint density at radius 3 is 2.78 bits per heavy atom. The van der Waals surface area contributed by atoms with Gasteiger partial charge in [-0.25, -0.2) is 4.79 Å². The number of carboxylic acids is 1. The number of nitrogens with one attached hydrogen (secondary N) is 2. The molecule has 1 heterocycles. The first-order valence-electron chi connectivity index (χ1n) is 5.75. The van der Waals surface area contributed by atoms with Crippen LogP contribution in [0.5, 0.6) is 0 Å². The summed E-state index contributed by atoms with van der Waals surface area (Å²) in [4.78, 5) is 22.1. The molecule has 1 aromatic rings. The number of carboxylic acid groups (broad SMARTS) is 1. The summed E-state index contributed by atoms with van der Waals surface area (Å²) in [6, 6.07) is -0.719. The van der Waals surface area contributed by atoms with Crippen molar-refractivity contribution in [2.24, 2.45) is 7.05 Å². The van der Waals surface area contributed by atoms with Crippen molar-refractivity contribution in [3.05, 3.63) is 18.0 Å². The second-order valence-electron chi connectivity index (χ2n) is 4.05. The summed E-state index contributed by atoms with van der Waals surface area (Å²) in [6.07, 6.45) is 3.97. The van der Waals surface area contributed by atoms with Crippen LogP contribution >= 0.6 is 0 Å². The van der Waals surface area contributed by atoms with E-state index in [1.807, 2.05) is 6.92 Å². The number of hydrogen-bond donors (Lipinski definition) is 3. The molecule has 0 aliphatic heterocycles. The van der Waals surface area contributed by atoms with E-state index in [1.165, 1.54) is 0 Å². The maximum absolute atomic E-state index is 11.5. The van der Waals surface area contributed by atoms with Gasteiger partial charge in [-0.05, 0) is 6.42 Å². The van der Waals surface area contributed by atoms with Crippen molar-refractivity contribution in [3.63, 3.8) is 0 Å². The number of amides is 2. The van der Waals surface area contributed by atoms with Crippen molar-refractivity contribution >= 4 is 12.0 Å². The van der Waals surface area contributed by atoms with Crippen LogP contribution in [-0.4, -0.2) is 32.9 Å². The van der Waals surface area contributed by atoms with E-state index in [0.29, 0.717) is 13.0 Å². The van der Waals surface area contributed by atoms with Crippen LogP contribution in [0, 0.1) is 0 Å². The highest BCUT2D eigenvalue weighted by Crippen LogP contribution is 1.98. The van der Waals surface area contributed by atoms with Gasteiger partial charge in [0.1, 0.15) is 0 Å². The third kappa shape index (κ3) is 4.86. The van der Waals surface area contributed by atoms with E-state index in [0.717, 1.165) is 5.56 Å². The second-order valence-corrected chi connectivity index (χ2v) is 4.05. The Balaban J connectivity index is 2.34. The smallest absolute Gasteiger partial charge is 0.315 e. The average Bonchev–Trinajstić information content (AvgIpc) is 2.71. The first-order chi connectivity index (χ1) is 8.51. The molecular formula is C11H18N4O3. The van der Waals surface area contributed by atoms with Gasteiger partial charge >= 0.3 is 12.0 Å². The number of urea groups is 1. The lowest BCUT2D eigenvalue weighted by molar-refractivity contribution is -0.137. The molecule has 1 aromatic heterocycles. The number of carbonyl (C=O) groups excluding carboxylic acids is 1. The van der Waals surface area contributed by atoms with E-state index in [-0.39, 0.29) is 18.5 Å². The molecule has 0 aliphatic carbocycles. The Kier molecular flexibility index (Phi) is 5.16. The zero-order valence-electron chi connectivity index (χ0n) is 10.5. The Morgan fingerprint density at radius 2 is 2.28 bits per heavy atom. The van der Waals surface area contributed by atoms with E-state index in [9.17, 15) is 9.59 Å². The molecule has 1 rings (SSSR count). The fraction of sp³-hybridized carbons (Fsp3) is 0.545. The number of aliphatic carboxylic acids is 1. The first kappa shape index (κ1) is 14.0. The van der Waals surface area contributed by atoms with Gasteiger partial charge in [-0.15, -0.1) is 0 Å². The normalized spacial score (nSPS) is 11.9. The molecule has 0 fully saturated rings. The quantitative estimate of drug-likeness (QED) is 0.687. The van der Waals surface area contributed by atoms with Crippen LogP contribution in [0.1, 0.15) is 25.3 Å². The largest absolute Gasteiger partial charge is 0.481 e. The Hall–Kier alpha value is -2.05. The van der Waals surface area contributed by atoms with E-state index < -0.39 is 5.97 Å². The van der Waals surface area contributed by atoms with Crippen molar-refractivity contribution in [2.75, 3.05) is 0 Å². The van der Waals surface area contributed by atoms with Crippen molar-refractivity contribution in [1.29, 1.82) is 0 Å². The van der Waals surface area contributed by atoms with Crippen molar-refractivity contribution < 1.29 is 14.7 Å². The molecule has 0 aromatic carbocycles. The van der Waals surface area contributed by atoms with Gasteiger partial charge < -0.3 is 15.7 Å². The number of rotatable bonds is 6. The van der Waals surface area contributed by atoms with Crippen LogP contribution in [0.2, 0.25) is 0 Å². The fourth-order valence-corrected chi connectivity index (χ4v) is 1.49. The van der Waals surface area contributed by atoms with Crippen LogP contribution in [0.4, 0.5) is 4.79 Å². The maximum atomic E-state index is 11.5. The predicted octanol–water partition coefficient (Wildman–Crippen LogP) is 0.473. The second kappa shape index (κ2) is 6.63. The molecule has 0 radical (unpaired) electrons. The van der Waals surface area contributed by atoms with Crippen LogP contribution in [-0.2, 0) is 18.4 Å². The summed E-state index contributed by atoms with van der Waals surface area (Å²) in [5, 5.41) is 17.9. The van der Waals surface area contributed by atoms with Gasteiger partial charge in [0, 0.05) is 31.4 Å². The highest BCUT2D eigenvalue weighted by Gasteiger charge is 2.13. The highest BCUT2D eigenvalue weighted by atomic mass is 16.4. The molecular weight excluding hydrogens is 236 g/mol. The molecule has 0 spiro atoms. The van der Waals surface area contributed by atoms with Crippen molar-refractivity contribution in [3.8, 4) is 0 Å². The number of hydrogen-bond acceptors (Lipinski definition) is 3. The van der Waals surface area contributed by atoms with E-state index >= 15 is 0 Å². The SMILES string of the molecule is CCC(CC(=O)O)NC(=O)NCc1cnn(C)c1. The van der Waals surface area contributed by atoms with Gasteiger partial charge in [-0.2, -0.15) is 5.10 Å². The molecule has 0 aliphatic rings. The van der Waals surface area contributed by atoms with Gasteiger partial charge in [-0.1, -0.05) is 6.92 Å². The molecule has 1 unspecified atom stereocenters. The van der Waals surface area contributed by atoms with Gasteiger partial charge in [0.05, 0.1) is 12.6 Å². The third-order valence-corrected chi connectivity index (χ3v) is 2.46. The standard InChI is InChI=1S/C11H18N4O3/c1-3-9(4-10(16)17)14-11(18)12-5-8-6-13-15(2)7-8/h6-7,9H,3-5H2,1-2H3,(H,16,17)(H2,12,14,18). The zero-order valence-corrected chi connectivity index (χ0v) is 10.5. The van der Waals surface area contributed by atoms with Gasteiger partial charge in [0.25, 0.3) is 0 Å². The topological polar surface area (TPSA) is 96.2 Å². The zero-order chi connectivity index (χ0) is 13.5. The van der Waals surface area contributed by atoms with E-state index in [2.05, 4.69) is 15.7 Å². The minimum atomic E-state index is -0.922. The molecule has 7 heteroatoms. The number of nitrogens with zero attached hydrogens (tertiary/aromatic N) is 2. The molecule has 18 heavy (non-hydrogen) atoms. The first-order valence-corrected chi connectivity index (χ1v) is 5.75. The maximum Gasteiger partial charge on any atom is 0.315 e. The lowest BCUT2D eigenvalue weighted by Gasteiger charge is -2.15. The number of aryl methyl sites for hydroxylation is 1. The molecule has 2 amide bonds. The summed E-state index contributed by atoms with van der Waals surface area (Å²) in [5.41, 5.74) is 0.888. The Bertz CT molecular complexity index is 416. The van der Waals surface area contributed by atoms with Crippen molar-refractivity contribution in [1.82, 2.24) is 20.4 Å². The summed E-state index contributed by atoms with van der Waals surface area (Å²) in [7, 11) is 1.80. The highest BCUT2D eigenvalue weighted by molar-refractivity contribution is 5.75. The number of carbonyl (C=O) groups is 2. The van der Waals surface area contributed by atoms with Crippen LogP contribution < -0.4 is 10.6 Å². The predicted molar refractivity (Wildman–Crippen MR) is 64.9 cm³/mol. The lowest BCUT2D eigenvalue weighted by Crippen LogP contribution is -2.42. The molecule has 100 valence electrons. The summed E-state index contributed by atoms with van der Waals surface area (Å²) < 4.78 is 1.65. The third-order valence-electron chi connectivity index (χ3n) is 2.46. The molecule has 3 N–H and O–H groups in total. The minimum Gasteiger partial charge on any atom is -0.481 e. The summed E-state index contributed by atoms with van der Waals surface area (Å²) >= 11 is 0. The average molecular weight is 254 g/mol. The molecule has 0 saturated carbocycles. The van der Waals surface area contributed by atoms with Gasteiger partial charge in [0.15, 0.2) is 0 Å². The Labute approximate surface area is 105 Å². The minimum absolute atomic E-state index is 0.0726. The molecule has 7 nitrogen and oxygen atoms in total. The van der Waals surface area contributed by atoms with Gasteiger partial charge in [0.2, 0.25) is 0 Å². The van der Waals surface area contributed by atoms with Crippen LogP contribution in [0.3, 0.4) is 0 Å². The molecule has 0 bridgehead atoms. The molecule has 1 atom stereocenters. The summed E-state index contributed by atoms with van der Waals surface area (Å²) in [6.45, 7) is 2.19. The van der Waals surface area contributed by atoms with Crippen LogP contribution in [0.25, 0.3) is 0 Å². The molecule has 0 saturated heterocycles. The summed E-state index contributed by atoms with van der Waals surface area (Å²) in [5.74, 6) is -0.922.